The first kappa shape index (κ1) is 16.3. The Hall–Kier alpha value is -1.72. The minimum absolute atomic E-state index is 0.428. The molecule has 0 spiro atoms. The van der Waals surface area contributed by atoms with Gasteiger partial charge in [0.15, 0.2) is 0 Å². The van der Waals surface area contributed by atoms with Crippen LogP contribution in [-0.2, 0) is 0 Å². The van der Waals surface area contributed by atoms with E-state index in [1.54, 1.807) is 0 Å². The second kappa shape index (κ2) is 8.45. The molecular formula is C19H27N. The number of rotatable bonds is 6. The lowest BCUT2D eigenvalue weighted by atomic mass is 9.90. The Bertz CT molecular complexity index is 482. The van der Waals surface area contributed by atoms with E-state index in [4.69, 9.17) is 5.73 Å². The van der Waals surface area contributed by atoms with Crippen LogP contribution in [-0.4, -0.2) is 0 Å². The van der Waals surface area contributed by atoms with Gasteiger partial charge in [0, 0.05) is 5.70 Å². The van der Waals surface area contributed by atoms with Gasteiger partial charge < -0.3 is 5.73 Å². The van der Waals surface area contributed by atoms with E-state index >= 15 is 0 Å². The molecule has 1 atom stereocenters. The highest BCUT2D eigenvalue weighted by Gasteiger charge is 2.12. The van der Waals surface area contributed by atoms with Crippen LogP contribution in [0.5, 0.6) is 0 Å². The summed E-state index contributed by atoms with van der Waals surface area (Å²) in [7, 11) is 0. The van der Waals surface area contributed by atoms with Gasteiger partial charge in [0.2, 0.25) is 0 Å². The summed E-state index contributed by atoms with van der Waals surface area (Å²) < 4.78 is 0. The minimum Gasteiger partial charge on any atom is -0.402 e. The Morgan fingerprint density at radius 1 is 1.35 bits per heavy atom. The van der Waals surface area contributed by atoms with Gasteiger partial charge in [0.25, 0.3) is 0 Å². The molecule has 0 amide bonds. The Morgan fingerprint density at radius 2 is 2.05 bits per heavy atom. The second-order valence-corrected chi connectivity index (χ2v) is 5.50. The summed E-state index contributed by atoms with van der Waals surface area (Å²) in [6.07, 6.45) is 13.9. The maximum absolute atomic E-state index is 6.14. The van der Waals surface area contributed by atoms with Crippen molar-refractivity contribution in [1.82, 2.24) is 0 Å². The van der Waals surface area contributed by atoms with E-state index in [2.05, 4.69) is 51.0 Å². The molecule has 0 fully saturated rings. The van der Waals surface area contributed by atoms with Crippen LogP contribution in [0.3, 0.4) is 0 Å². The van der Waals surface area contributed by atoms with Gasteiger partial charge in [0.05, 0.1) is 0 Å². The molecule has 20 heavy (non-hydrogen) atoms. The average Bonchev–Trinajstić information content (AvgIpc) is 2.41. The number of hydrogen-bond donors (Lipinski definition) is 1. The topological polar surface area (TPSA) is 26.0 Å². The van der Waals surface area contributed by atoms with Crippen molar-refractivity contribution in [2.75, 3.05) is 0 Å². The monoisotopic (exact) mass is 269 g/mol. The highest BCUT2D eigenvalue weighted by Crippen LogP contribution is 2.28. The predicted octanol–water partition coefficient (Wildman–Crippen LogP) is 5.20. The summed E-state index contributed by atoms with van der Waals surface area (Å²) in [5, 5.41) is 0. The molecular weight excluding hydrogens is 242 g/mol. The summed E-state index contributed by atoms with van der Waals surface area (Å²) in [5.74, 6) is 0.428. The summed E-state index contributed by atoms with van der Waals surface area (Å²) in [5.41, 5.74) is 13.7. The fraction of sp³-hybridized carbons (Fsp3) is 0.421. The lowest BCUT2D eigenvalue weighted by Gasteiger charge is -2.18. The highest BCUT2D eigenvalue weighted by atomic mass is 14.6. The Morgan fingerprint density at radius 3 is 2.65 bits per heavy atom. The number of hydrogen-bond acceptors (Lipinski definition) is 1. The van der Waals surface area contributed by atoms with E-state index in [-0.39, 0.29) is 0 Å². The second-order valence-electron chi connectivity index (χ2n) is 5.50. The van der Waals surface area contributed by atoms with E-state index in [1.165, 1.54) is 24.0 Å². The molecule has 1 nitrogen and oxygen atoms in total. The first-order valence-corrected chi connectivity index (χ1v) is 7.44. The summed E-state index contributed by atoms with van der Waals surface area (Å²) >= 11 is 0. The van der Waals surface area contributed by atoms with Crippen LogP contribution >= 0.6 is 0 Å². The lowest BCUT2D eigenvalue weighted by Crippen LogP contribution is -2.08. The van der Waals surface area contributed by atoms with Gasteiger partial charge in [-0.25, -0.2) is 0 Å². The van der Waals surface area contributed by atoms with E-state index in [1.807, 2.05) is 6.08 Å². The Kier molecular flexibility index (Phi) is 6.90. The maximum atomic E-state index is 6.14. The van der Waals surface area contributed by atoms with Crippen molar-refractivity contribution < 1.29 is 0 Å². The van der Waals surface area contributed by atoms with Crippen molar-refractivity contribution in [3.8, 4) is 0 Å². The molecule has 1 aliphatic carbocycles. The molecule has 0 aromatic rings. The SMILES string of the molecule is C=C=CC(C)CC(=C)/C=C\C(=C/C)C1=C(N)CCCC1. The van der Waals surface area contributed by atoms with Crippen molar-refractivity contribution >= 4 is 0 Å². The smallest absolute Gasteiger partial charge is 0.0119 e. The molecule has 0 radical (unpaired) electrons. The molecule has 0 saturated carbocycles. The quantitative estimate of drug-likeness (QED) is 0.520. The number of nitrogens with two attached hydrogens (primary N) is 1. The van der Waals surface area contributed by atoms with Crippen molar-refractivity contribution in [2.24, 2.45) is 11.7 Å². The van der Waals surface area contributed by atoms with Crippen LogP contribution in [0.1, 0.15) is 46.0 Å². The van der Waals surface area contributed by atoms with Gasteiger partial charge in [-0.1, -0.05) is 43.9 Å². The van der Waals surface area contributed by atoms with E-state index in [0.717, 1.165) is 30.5 Å². The zero-order chi connectivity index (χ0) is 15.0. The third-order valence-corrected chi connectivity index (χ3v) is 3.66. The summed E-state index contributed by atoms with van der Waals surface area (Å²) in [6.45, 7) is 11.9. The zero-order valence-corrected chi connectivity index (χ0v) is 12.9. The molecule has 1 aliphatic rings. The van der Waals surface area contributed by atoms with Crippen molar-refractivity contribution in [3.63, 3.8) is 0 Å². The molecule has 1 heteroatoms. The third-order valence-electron chi connectivity index (χ3n) is 3.66. The maximum Gasteiger partial charge on any atom is 0.0119 e. The third kappa shape index (κ3) is 5.11. The van der Waals surface area contributed by atoms with Crippen LogP contribution in [0.2, 0.25) is 0 Å². The van der Waals surface area contributed by atoms with Crippen LogP contribution < -0.4 is 5.73 Å². The van der Waals surface area contributed by atoms with Gasteiger partial charge in [-0.2, -0.15) is 0 Å². The van der Waals surface area contributed by atoms with E-state index in [9.17, 15) is 0 Å². The van der Waals surface area contributed by atoms with Crippen molar-refractivity contribution in [3.05, 3.63) is 65.6 Å². The van der Waals surface area contributed by atoms with Crippen LogP contribution in [0.25, 0.3) is 0 Å². The summed E-state index contributed by atoms with van der Waals surface area (Å²) in [4.78, 5) is 0. The van der Waals surface area contributed by atoms with E-state index < -0.39 is 0 Å². The number of allylic oxidation sites excluding steroid dienone is 8. The average molecular weight is 269 g/mol. The summed E-state index contributed by atoms with van der Waals surface area (Å²) in [6, 6.07) is 0. The molecule has 0 aliphatic heterocycles. The van der Waals surface area contributed by atoms with Gasteiger partial charge in [-0.15, -0.1) is 5.73 Å². The molecule has 0 aromatic heterocycles. The zero-order valence-electron chi connectivity index (χ0n) is 12.9. The molecule has 0 bridgehead atoms. The molecule has 0 saturated heterocycles. The first-order valence-electron chi connectivity index (χ1n) is 7.44. The fourth-order valence-corrected chi connectivity index (χ4v) is 2.58. The molecule has 108 valence electrons. The largest absolute Gasteiger partial charge is 0.402 e. The lowest BCUT2D eigenvalue weighted by molar-refractivity contribution is 0.673. The molecule has 1 rings (SSSR count). The van der Waals surface area contributed by atoms with Crippen molar-refractivity contribution in [2.45, 2.75) is 46.0 Å². The molecule has 0 heterocycles. The fourth-order valence-electron chi connectivity index (χ4n) is 2.58. The Labute approximate surface area is 124 Å². The standard InChI is InChI=1S/C19H27N/c1-5-9-15(3)14-16(4)12-13-17(6-2)18-10-7-8-11-19(18)20/h6,9,12-13,15H,1,4,7-8,10-11,14,20H2,2-3H3/b13-12-,17-6+. The van der Waals surface area contributed by atoms with Gasteiger partial charge >= 0.3 is 0 Å². The van der Waals surface area contributed by atoms with Gasteiger partial charge in [0.1, 0.15) is 0 Å². The van der Waals surface area contributed by atoms with Crippen LogP contribution in [0, 0.1) is 5.92 Å². The highest BCUT2D eigenvalue weighted by molar-refractivity contribution is 5.44. The normalized spacial score (nSPS) is 18.0. The van der Waals surface area contributed by atoms with Gasteiger partial charge in [-0.3, -0.25) is 0 Å². The van der Waals surface area contributed by atoms with Crippen LogP contribution in [0.4, 0.5) is 0 Å². The molecule has 1 unspecified atom stereocenters. The molecule has 0 aromatic carbocycles. The predicted molar refractivity (Wildman–Crippen MR) is 89.2 cm³/mol. The van der Waals surface area contributed by atoms with Crippen LogP contribution in [0.15, 0.2) is 65.6 Å². The minimum atomic E-state index is 0.428. The molecule has 2 N–H and O–H groups in total. The van der Waals surface area contributed by atoms with E-state index in [0.29, 0.717) is 5.92 Å². The van der Waals surface area contributed by atoms with Gasteiger partial charge in [-0.05, 0) is 62.2 Å². The Balaban J connectivity index is 2.71. The first-order chi connectivity index (χ1) is 9.58. The van der Waals surface area contributed by atoms with Crippen molar-refractivity contribution in [1.29, 1.82) is 0 Å².